The van der Waals surface area contributed by atoms with E-state index < -0.39 is 0 Å². The Morgan fingerprint density at radius 1 is 1.22 bits per heavy atom. The normalized spacial score (nSPS) is 16.0. The Kier molecular flexibility index (Phi) is 7.98. The lowest BCUT2D eigenvalue weighted by molar-refractivity contribution is 0.472. The Bertz CT molecular complexity index is 460. The standard InChI is InChI=1S/C18H33N5/c1-19-18(20-12-6-5-10-16-8-3-4-9-16)21-13-7-11-17-14-22-23(2)15-17/h14-16H,3-13H2,1-2H3,(H2,19,20,21). The van der Waals surface area contributed by atoms with Crippen molar-refractivity contribution in [1.82, 2.24) is 20.4 Å². The van der Waals surface area contributed by atoms with Crippen molar-refractivity contribution in [1.29, 1.82) is 0 Å². The highest BCUT2D eigenvalue weighted by atomic mass is 15.2. The SMILES string of the molecule is CN=C(NCCCCC1CCCC1)NCCCc1cnn(C)c1. The van der Waals surface area contributed by atoms with Crippen molar-refractivity contribution < 1.29 is 0 Å². The average Bonchev–Trinajstić information content (AvgIpc) is 3.20. The van der Waals surface area contributed by atoms with E-state index in [0.717, 1.165) is 37.8 Å². The molecule has 5 nitrogen and oxygen atoms in total. The van der Waals surface area contributed by atoms with E-state index in [4.69, 9.17) is 0 Å². The first-order valence-electron chi connectivity index (χ1n) is 9.20. The average molecular weight is 319 g/mol. The summed E-state index contributed by atoms with van der Waals surface area (Å²) in [5.74, 6) is 1.94. The van der Waals surface area contributed by atoms with Gasteiger partial charge in [0.25, 0.3) is 0 Å². The number of hydrogen-bond acceptors (Lipinski definition) is 2. The first kappa shape index (κ1) is 17.8. The van der Waals surface area contributed by atoms with E-state index in [9.17, 15) is 0 Å². The van der Waals surface area contributed by atoms with Gasteiger partial charge in [-0.05, 0) is 30.7 Å². The van der Waals surface area contributed by atoms with E-state index >= 15 is 0 Å². The van der Waals surface area contributed by atoms with Gasteiger partial charge in [-0.15, -0.1) is 0 Å². The quantitative estimate of drug-likeness (QED) is 0.418. The van der Waals surface area contributed by atoms with Crippen molar-refractivity contribution in [3.05, 3.63) is 18.0 Å². The van der Waals surface area contributed by atoms with Crippen molar-refractivity contribution in [2.45, 2.75) is 57.8 Å². The maximum atomic E-state index is 4.29. The van der Waals surface area contributed by atoms with E-state index in [-0.39, 0.29) is 0 Å². The van der Waals surface area contributed by atoms with Gasteiger partial charge < -0.3 is 10.6 Å². The highest BCUT2D eigenvalue weighted by Crippen LogP contribution is 2.28. The zero-order valence-corrected chi connectivity index (χ0v) is 14.9. The molecule has 0 spiro atoms. The van der Waals surface area contributed by atoms with Crippen molar-refractivity contribution in [3.8, 4) is 0 Å². The molecule has 1 aliphatic carbocycles. The van der Waals surface area contributed by atoms with Crippen molar-refractivity contribution >= 4 is 5.96 Å². The molecule has 1 aromatic heterocycles. The van der Waals surface area contributed by atoms with E-state index in [1.165, 1.54) is 50.5 Å². The monoisotopic (exact) mass is 319 g/mol. The largest absolute Gasteiger partial charge is 0.356 e. The van der Waals surface area contributed by atoms with Crippen molar-refractivity contribution in [2.24, 2.45) is 18.0 Å². The summed E-state index contributed by atoms with van der Waals surface area (Å²) in [6.45, 7) is 1.96. The highest BCUT2D eigenvalue weighted by Gasteiger charge is 2.13. The highest BCUT2D eigenvalue weighted by molar-refractivity contribution is 5.79. The molecule has 1 saturated carbocycles. The number of rotatable bonds is 9. The lowest BCUT2D eigenvalue weighted by atomic mass is 10.0. The second-order valence-electron chi connectivity index (χ2n) is 6.70. The van der Waals surface area contributed by atoms with Gasteiger partial charge in [-0.2, -0.15) is 5.10 Å². The molecule has 1 aromatic rings. The third kappa shape index (κ3) is 7.06. The summed E-state index contributed by atoms with van der Waals surface area (Å²) in [6, 6.07) is 0. The zero-order valence-electron chi connectivity index (χ0n) is 14.9. The maximum Gasteiger partial charge on any atom is 0.190 e. The molecule has 0 unspecified atom stereocenters. The molecule has 1 heterocycles. The Hall–Kier alpha value is -1.52. The first-order valence-corrected chi connectivity index (χ1v) is 9.20. The molecule has 1 aliphatic rings. The second kappa shape index (κ2) is 10.3. The van der Waals surface area contributed by atoms with E-state index in [1.807, 2.05) is 25.0 Å². The van der Waals surface area contributed by atoms with Crippen LogP contribution in [0.2, 0.25) is 0 Å². The number of nitrogens with zero attached hydrogens (tertiary/aromatic N) is 3. The molecular formula is C18H33N5. The van der Waals surface area contributed by atoms with Crippen LogP contribution >= 0.6 is 0 Å². The van der Waals surface area contributed by atoms with E-state index in [1.54, 1.807) is 0 Å². The molecule has 23 heavy (non-hydrogen) atoms. The van der Waals surface area contributed by atoms with Crippen LogP contribution in [0.4, 0.5) is 0 Å². The number of unbranched alkanes of at least 4 members (excludes halogenated alkanes) is 1. The Balaban J connectivity index is 1.47. The summed E-state index contributed by atoms with van der Waals surface area (Å²) in [7, 11) is 3.80. The molecule has 5 heteroatoms. The fraction of sp³-hybridized carbons (Fsp3) is 0.778. The number of guanidine groups is 1. The van der Waals surface area contributed by atoms with Crippen LogP contribution in [-0.2, 0) is 13.5 Å². The molecule has 0 bridgehead atoms. The topological polar surface area (TPSA) is 54.2 Å². The first-order chi connectivity index (χ1) is 11.3. The van der Waals surface area contributed by atoms with Crippen molar-refractivity contribution in [2.75, 3.05) is 20.1 Å². The summed E-state index contributed by atoms with van der Waals surface area (Å²) < 4.78 is 1.86. The molecule has 0 aromatic carbocycles. The number of aryl methyl sites for hydroxylation is 2. The lowest BCUT2D eigenvalue weighted by Crippen LogP contribution is -2.38. The smallest absolute Gasteiger partial charge is 0.190 e. The van der Waals surface area contributed by atoms with Crippen LogP contribution in [0, 0.1) is 5.92 Å². The molecule has 2 N–H and O–H groups in total. The number of hydrogen-bond donors (Lipinski definition) is 2. The maximum absolute atomic E-state index is 4.29. The molecule has 1 fully saturated rings. The summed E-state index contributed by atoms with van der Waals surface area (Å²) in [4.78, 5) is 4.29. The molecule has 0 amide bonds. The third-order valence-corrected chi connectivity index (χ3v) is 4.72. The summed E-state index contributed by atoms with van der Waals surface area (Å²) >= 11 is 0. The predicted molar refractivity (Wildman–Crippen MR) is 96.7 cm³/mol. The third-order valence-electron chi connectivity index (χ3n) is 4.72. The number of aromatic nitrogens is 2. The second-order valence-corrected chi connectivity index (χ2v) is 6.70. The molecule has 130 valence electrons. The molecule has 2 rings (SSSR count). The van der Waals surface area contributed by atoms with Crippen LogP contribution in [0.3, 0.4) is 0 Å². The van der Waals surface area contributed by atoms with Gasteiger partial charge in [-0.1, -0.05) is 38.5 Å². The Labute approximate surface area is 141 Å². The predicted octanol–water partition coefficient (Wildman–Crippen LogP) is 2.88. The van der Waals surface area contributed by atoms with Crippen LogP contribution in [0.15, 0.2) is 17.4 Å². The summed E-state index contributed by atoms with van der Waals surface area (Å²) in [6.07, 6.45) is 16.0. The fourth-order valence-electron chi connectivity index (χ4n) is 3.38. The van der Waals surface area contributed by atoms with Gasteiger partial charge in [0.05, 0.1) is 6.20 Å². The number of aliphatic imine (C=N–C) groups is 1. The molecule has 0 saturated heterocycles. The van der Waals surface area contributed by atoms with Crippen LogP contribution < -0.4 is 10.6 Å². The van der Waals surface area contributed by atoms with Gasteiger partial charge in [-0.25, -0.2) is 0 Å². The van der Waals surface area contributed by atoms with E-state index in [0.29, 0.717) is 0 Å². The van der Waals surface area contributed by atoms with Gasteiger partial charge in [0.2, 0.25) is 0 Å². The summed E-state index contributed by atoms with van der Waals surface area (Å²) in [5, 5.41) is 11.0. The van der Waals surface area contributed by atoms with Gasteiger partial charge in [0.15, 0.2) is 5.96 Å². The van der Waals surface area contributed by atoms with Gasteiger partial charge in [-0.3, -0.25) is 9.67 Å². The van der Waals surface area contributed by atoms with Crippen LogP contribution in [0.1, 0.15) is 56.9 Å². The van der Waals surface area contributed by atoms with Gasteiger partial charge >= 0.3 is 0 Å². The van der Waals surface area contributed by atoms with Gasteiger partial charge in [0.1, 0.15) is 0 Å². The minimum Gasteiger partial charge on any atom is -0.356 e. The Morgan fingerprint density at radius 3 is 2.61 bits per heavy atom. The minimum atomic E-state index is 0.928. The number of nitrogens with one attached hydrogen (secondary N) is 2. The van der Waals surface area contributed by atoms with Crippen molar-refractivity contribution in [3.63, 3.8) is 0 Å². The minimum absolute atomic E-state index is 0.928. The van der Waals surface area contributed by atoms with Crippen LogP contribution in [0.5, 0.6) is 0 Å². The molecule has 0 radical (unpaired) electrons. The fourth-order valence-corrected chi connectivity index (χ4v) is 3.38. The van der Waals surface area contributed by atoms with E-state index in [2.05, 4.69) is 26.9 Å². The van der Waals surface area contributed by atoms with Crippen LogP contribution in [-0.4, -0.2) is 35.9 Å². The van der Waals surface area contributed by atoms with Gasteiger partial charge in [0, 0.05) is 33.4 Å². The molecule has 0 atom stereocenters. The summed E-state index contributed by atoms with van der Waals surface area (Å²) in [5.41, 5.74) is 1.30. The molecule has 0 aliphatic heterocycles. The van der Waals surface area contributed by atoms with Crippen LogP contribution in [0.25, 0.3) is 0 Å². The lowest BCUT2D eigenvalue weighted by Gasteiger charge is -2.12. The zero-order chi connectivity index (χ0) is 16.3. The Morgan fingerprint density at radius 2 is 1.96 bits per heavy atom. The molecular weight excluding hydrogens is 286 g/mol.